The van der Waals surface area contributed by atoms with Gasteiger partial charge in [-0.15, -0.1) is 0 Å². The Morgan fingerprint density at radius 1 is 0.429 bits per heavy atom. The summed E-state index contributed by atoms with van der Waals surface area (Å²) in [7, 11) is 0. The van der Waals surface area contributed by atoms with Gasteiger partial charge in [-0.3, -0.25) is 0 Å². The summed E-state index contributed by atoms with van der Waals surface area (Å²) in [6.07, 6.45) is 1.63. The quantitative estimate of drug-likeness (QED) is 0.224. The van der Waals surface area contributed by atoms with Crippen molar-refractivity contribution in [2.24, 2.45) is 0 Å². The molecule has 0 aliphatic carbocycles. The maximum absolute atomic E-state index is 6.43. The minimum atomic E-state index is 0.682. The zero-order valence-corrected chi connectivity index (χ0v) is 22.4. The van der Waals surface area contributed by atoms with Crippen LogP contribution in [0.2, 0.25) is 0 Å². The maximum atomic E-state index is 6.43. The van der Waals surface area contributed by atoms with Gasteiger partial charge in [0.05, 0.1) is 0 Å². The smallest absolute Gasteiger partial charge is 0.180 e. The molecular formula is C38H22N2O2. The molecule has 0 amide bonds. The number of rotatable bonds is 3. The molecule has 42 heavy (non-hydrogen) atoms. The largest absolute Gasteiger partial charge is 0.455 e. The van der Waals surface area contributed by atoms with Crippen LogP contribution in [0.4, 0.5) is 0 Å². The Hall–Kier alpha value is -5.74. The van der Waals surface area contributed by atoms with Gasteiger partial charge in [0.25, 0.3) is 0 Å². The second kappa shape index (κ2) is 8.88. The zero-order chi connectivity index (χ0) is 27.6. The van der Waals surface area contributed by atoms with Gasteiger partial charge in [-0.05, 0) is 51.7 Å². The van der Waals surface area contributed by atoms with Gasteiger partial charge in [0.1, 0.15) is 34.3 Å². The van der Waals surface area contributed by atoms with E-state index in [4.69, 9.17) is 13.8 Å². The topological polar surface area (TPSA) is 52.1 Å². The number of hydrogen-bond acceptors (Lipinski definition) is 4. The molecule has 4 nitrogen and oxygen atoms in total. The lowest BCUT2D eigenvalue weighted by Crippen LogP contribution is -1.88. The Bertz CT molecular complexity index is 2480. The average Bonchev–Trinajstić information content (AvgIpc) is 3.63. The Labute approximate surface area is 240 Å². The molecular weight excluding hydrogens is 516 g/mol. The SMILES string of the molecule is c1cc(-c2cccc3c2oc2ccccc23)cc(-c2ncnc3c2oc2ccc(-c4cccc5ccccc45)cc23)c1. The molecule has 0 unspecified atom stereocenters. The second-order valence-corrected chi connectivity index (χ2v) is 10.6. The summed E-state index contributed by atoms with van der Waals surface area (Å²) in [5, 5.41) is 5.64. The van der Waals surface area contributed by atoms with Crippen molar-refractivity contribution in [2.45, 2.75) is 0 Å². The van der Waals surface area contributed by atoms with Crippen LogP contribution in [-0.2, 0) is 0 Å². The number of benzene rings is 6. The first kappa shape index (κ1) is 23.0. The third-order valence-corrected chi connectivity index (χ3v) is 8.20. The first-order valence-corrected chi connectivity index (χ1v) is 14.0. The van der Waals surface area contributed by atoms with Gasteiger partial charge in [0.15, 0.2) is 5.58 Å². The zero-order valence-electron chi connectivity index (χ0n) is 22.4. The van der Waals surface area contributed by atoms with E-state index in [1.807, 2.05) is 24.3 Å². The van der Waals surface area contributed by atoms with Crippen LogP contribution in [0.1, 0.15) is 0 Å². The highest BCUT2D eigenvalue weighted by Gasteiger charge is 2.18. The molecule has 9 aromatic rings. The molecule has 6 aromatic carbocycles. The van der Waals surface area contributed by atoms with E-state index in [1.165, 1.54) is 16.3 Å². The van der Waals surface area contributed by atoms with Crippen molar-refractivity contribution in [3.05, 3.63) is 134 Å². The molecule has 0 spiro atoms. The normalized spacial score (nSPS) is 11.8. The van der Waals surface area contributed by atoms with E-state index in [-0.39, 0.29) is 0 Å². The molecule has 0 fully saturated rings. The lowest BCUT2D eigenvalue weighted by Gasteiger charge is -2.07. The fraction of sp³-hybridized carbons (Fsp3) is 0. The first-order chi connectivity index (χ1) is 20.8. The van der Waals surface area contributed by atoms with Crippen molar-refractivity contribution >= 4 is 54.8 Å². The minimum Gasteiger partial charge on any atom is -0.455 e. The van der Waals surface area contributed by atoms with Crippen molar-refractivity contribution in [1.29, 1.82) is 0 Å². The average molecular weight is 539 g/mol. The molecule has 0 N–H and O–H groups in total. The number of nitrogens with zero attached hydrogens (tertiary/aromatic N) is 2. The van der Waals surface area contributed by atoms with Crippen LogP contribution in [0.15, 0.2) is 143 Å². The fourth-order valence-electron chi connectivity index (χ4n) is 6.24. The molecule has 3 aromatic heterocycles. The highest BCUT2D eigenvalue weighted by atomic mass is 16.3. The molecule has 0 bridgehead atoms. The fourth-order valence-corrected chi connectivity index (χ4v) is 6.24. The van der Waals surface area contributed by atoms with E-state index < -0.39 is 0 Å². The van der Waals surface area contributed by atoms with Crippen molar-refractivity contribution in [1.82, 2.24) is 9.97 Å². The van der Waals surface area contributed by atoms with E-state index in [9.17, 15) is 0 Å². The summed E-state index contributed by atoms with van der Waals surface area (Å²) in [5.74, 6) is 0. The summed E-state index contributed by atoms with van der Waals surface area (Å²) >= 11 is 0. The molecule has 0 atom stereocenters. The van der Waals surface area contributed by atoms with Gasteiger partial charge in [0, 0.05) is 27.3 Å². The Kier molecular flexibility index (Phi) is 4.87. The number of fused-ring (bicyclic) bond motifs is 7. The third-order valence-electron chi connectivity index (χ3n) is 8.20. The Balaban J connectivity index is 1.20. The predicted molar refractivity (Wildman–Crippen MR) is 170 cm³/mol. The predicted octanol–water partition coefficient (Wildman–Crippen LogP) is 10.4. The van der Waals surface area contributed by atoms with Crippen LogP contribution in [-0.4, -0.2) is 9.97 Å². The number of aromatic nitrogens is 2. The van der Waals surface area contributed by atoms with Crippen LogP contribution in [0.25, 0.3) is 88.3 Å². The number of hydrogen-bond donors (Lipinski definition) is 0. The Morgan fingerprint density at radius 3 is 2.10 bits per heavy atom. The summed E-state index contributed by atoms with van der Waals surface area (Å²) in [6.45, 7) is 0. The molecule has 3 heterocycles. The minimum absolute atomic E-state index is 0.682. The van der Waals surface area contributed by atoms with Crippen LogP contribution >= 0.6 is 0 Å². The van der Waals surface area contributed by atoms with E-state index in [0.29, 0.717) is 5.58 Å². The maximum Gasteiger partial charge on any atom is 0.180 e. The van der Waals surface area contributed by atoms with Gasteiger partial charge >= 0.3 is 0 Å². The van der Waals surface area contributed by atoms with E-state index >= 15 is 0 Å². The Morgan fingerprint density at radius 2 is 1.12 bits per heavy atom. The molecule has 196 valence electrons. The summed E-state index contributed by atoms with van der Waals surface area (Å²) in [5.41, 5.74) is 10.2. The van der Waals surface area contributed by atoms with Crippen molar-refractivity contribution < 1.29 is 8.83 Å². The van der Waals surface area contributed by atoms with Gasteiger partial charge in [-0.2, -0.15) is 0 Å². The van der Waals surface area contributed by atoms with Crippen LogP contribution in [0, 0.1) is 0 Å². The monoisotopic (exact) mass is 538 g/mol. The highest BCUT2D eigenvalue weighted by Crippen LogP contribution is 2.39. The molecule has 4 heteroatoms. The lowest BCUT2D eigenvalue weighted by atomic mass is 9.97. The van der Waals surface area contributed by atoms with E-state index in [0.717, 1.165) is 66.4 Å². The second-order valence-electron chi connectivity index (χ2n) is 10.6. The van der Waals surface area contributed by atoms with Gasteiger partial charge in [0.2, 0.25) is 0 Å². The summed E-state index contributed by atoms with van der Waals surface area (Å²) in [4.78, 5) is 9.38. The lowest BCUT2D eigenvalue weighted by molar-refractivity contribution is 0.667. The van der Waals surface area contributed by atoms with Gasteiger partial charge in [-0.1, -0.05) is 103 Å². The molecule has 0 saturated heterocycles. The number of para-hydroxylation sites is 2. The number of furan rings is 2. The van der Waals surface area contributed by atoms with Crippen molar-refractivity contribution in [3.8, 4) is 33.5 Å². The van der Waals surface area contributed by atoms with Crippen LogP contribution in [0.5, 0.6) is 0 Å². The molecule has 0 radical (unpaired) electrons. The molecule has 0 saturated carbocycles. The molecule has 0 aliphatic heterocycles. The summed E-state index contributed by atoms with van der Waals surface area (Å²) < 4.78 is 12.8. The van der Waals surface area contributed by atoms with Crippen molar-refractivity contribution in [3.63, 3.8) is 0 Å². The first-order valence-electron chi connectivity index (χ1n) is 14.0. The van der Waals surface area contributed by atoms with E-state index in [1.54, 1.807) is 6.33 Å². The highest BCUT2D eigenvalue weighted by molar-refractivity contribution is 6.11. The summed E-state index contributed by atoms with van der Waals surface area (Å²) in [6, 6.07) is 44.1. The van der Waals surface area contributed by atoms with Crippen LogP contribution < -0.4 is 0 Å². The standard InChI is InChI=1S/C38H22N2O2/c1-2-12-27-23(8-1)9-6-14-28(27)25-18-19-34-32(21-25)36-38(42-34)35(39-22-40-36)26-11-5-10-24(20-26)29-15-7-16-31-30-13-3-4-17-33(30)41-37(29)31/h1-22H. The van der Waals surface area contributed by atoms with E-state index in [2.05, 4.69) is 108 Å². The molecule has 9 rings (SSSR count). The third kappa shape index (κ3) is 3.42. The van der Waals surface area contributed by atoms with Gasteiger partial charge < -0.3 is 8.83 Å². The molecule has 0 aliphatic rings. The van der Waals surface area contributed by atoms with Gasteiger partial charge in [-0.25, -0.2) is 9.97 Å². The van der Waals surface area contributed by atoms with Crippen LogP contribution in [0.3, 0.4) is 0 Å². The van der Waals surface area contributed by atoms with Crippen molar-refractivity contribution in [2.75, 3.05) is 0 Å².